The van der Waals surface area contributed by atoms with Gasteiger partial charge in [-0.05, 0) is 41.3 Å². The van der Waals surface area contributed by atoms with Gasteiger partial charge in [-0.2, -0.15) is 0 Å². The Morgan fingerprint density at radius 2 is 2.26 bits per heavy atom. The van der Waals surface area contributed by atoms with Crippen LogP contribution in [0, 0.1) is 5.92 Å². The smallest absolute Gasteiger partial charge is 0.267 e. The molecule has 1 N–H and O–H groups in total. The molecule has 1 rings (SSSR count). The van der Waals surface area contributed by atoms with E-state index < -0.39 is 0 Å². The quantitative estimate of drug-likeness (QED) is 0.744. The van der Waals surface area contributed by atoms with Crippen LogP contribution in [-0.4, -0.2) is 30.2 Å². The molecule has 0 saturated heterocycles. The SMILES string of the molecule is CCn1cc(Br)cc1C(=O)NCCCOCC(C)C. The number of amides is 1. The zero-order valence-electron chi connectivity index (χ0n) is 11.9. The Hall–Kier alpha value is -0.810. The third kappa shape index (κ3) is 5.78. The summed E-state index contributed by atoms with van der Waals surface area (Å²) in [6.45, 7) is 9.16. The van der Waals surface area contributed by atoms with Crippen LogP contribution >= 0.6 is 15.9 Å². The highest BCUT2D eigenvalue weighted by Crippen LogP contribution is 2.14. The molecule has 0 fully saturated rings. The Morgan fingerprint density at radius 1 is 1.53 bits per heavy atom. The van der Waals surface area contributed by atoms with Gasteiger partial charge in [0.2, 0.25) is 0 Å². The predicted octanol–water partition coefficient (Wildman–Crippen LogP) is 3.06. The number of hydrogen-bond acceptors (Lipinski definition) is 2. The highest BCUT2D eigenvalue weighted by atomic mass is 79.9. The second kappa shape index (κ2) is 8.38. The summed E-state index contributed by atoms with van der Waals surface area (Å²) in [6.07, 6.45) is 2.76. The van der Waals surface area contributed by atoms with Gasteiger partial charge in [-0.15, -0.1) is 0 Å². The second-order valence-electron chi connectivity index (χ2n) is 4.91. The maximum absolute atomic E-state index is 12.0. The van der Waals surface area contributed by atoms with Crippen molar-refractivity contribution in [2.24, 2.45) is 5.92 Å². The largest absolute Gasteiger partial charge is 0.381 e. The number of halogens is 1. The van der Waals surface area contributed by atoms with E-state index in [1.807, 2.05) is 23.8 Å². The lowest BCUT2D eigenvalue weighted by atomic mass is 10.2. The van der Waals surface area contributed by atoms with E-state index in [0.29, 0.717) is 24.8 Å². The topological polar surface area (TPSA) is 43.3 Å². The first-order valence-corrected chi connectivity index (χ1v) is 7.55. The van der Waals surface area contributed by atoms with E-state index in [2.05, 4.69) is 35.1 Å². The van der Waals surface area contributed by atoms with Gasteiger partial charge in [-0.25, -0.2) is 0 Å². The maximum Gasteiger partial charge on any atom is 0.267 e. The Morgan fingerprint density at radius 3 is 2.89 bits per heavy atom. The van der Waals surface area contributed by atoms with Crippen LogP contribution in [0.1, 0.15) is 37.7 Å². The molecule has 0 aliphatic carbocycles. The number of nitrogens with zero attached hydrogens (tertiary/aromatic N) is 1. The van der Waals surface area contributed by atoms with Crippen LogP contribution in [-0.2, 0) is 11.3 Å². The molecule has 0 saturated carbocycles. The molecule has 1 aromatic heterocycles. The molecule has 1 aromatic rings. The van der Waals surface area contributed by atoms with E-state index in [4.69, 9.17) is 4.74 Å². The highest BCUT2D eigenvalue weighted by Gasteiger charge is 2.11. The predicted molar refractivity (Wildman–Crippen MR) is 80.4 cm³/mol. The number of carbonyl (C=O) groups excluding carboxylic acids is 1. The van der Waals surface area contributed by atoms with E-state index in [1.54, 1.807) is 0 Å². The van der Waals surface area contributed by atoms with Crippen LogP contribution in [0.4, 0.5) is 0 Å². The lowest BCUT2D eigenvalue weighted by Crippen LogP contribution is -2.27. The molecule has 0 bridgehead atoms. The summed E-state index contributed by atoms with van der Waals surface area (Å²) in [5, 5.41) is 2.91. The Bertz CT molecular complexity index is 402. The minimum absolute atomic E-state index is 0.0311. The monoisotopic (exact) mass is 330 g/mol. The molecule has 1 heterocycles. The zero-order chi connectivity index (χ0) is 14.3. The van der Waals surface area contributed by atoms with Gasteiger partial charge in [0.1, 0.15) is 5.69 Å². The van der Waals surface area contributed by atoms with Gasteiger partial charge in [0.15, 0.2) is 0 Å². The molecular formula is C14H23BrN2O2. The van der Waals surface area contributed by atoms with Gasteiger partial charge in [0.25, 0.3) is 5.91 Å². The molecule has 0 radical (unpaired) electrons. The fourth-order valence-electron chi connectivity index (χ4n) is 1.71. The van der Waals surface area contributed by atoms with Crippen molar-refractivity contribution in [1.82, 2.24) is 9.88 Å². The highest BCUT2D eigenvalue weighted by molar-refractivity contribution is 9.10. The van der Waals surface area contributed by atoms with Crippen LogP contribution in [0.25, 0.3) is 0 Å². The molecule has 108 valence electrons. The molecule has 5 heteroatoms. The summed E-state index contributed by atoms with van der Waals surface area (Å²) in [7, 11) is 0. The van der Waals surface area contributed by atoms with Crippen LogP contribution in [0.15, 0.2) is 16.7 Å². The van der Waals surface area contributed by atoms with E-state index in [9.17, 15) is 4.79 Å². The average Bonchev–Trinajstić information content (AvgIpc) is 2.74. The summed E-state index contributed by atoms with van der Waals surface area (Å²) in [5.41, 5.74) is 0.692. The minimum atomic E-state index is -0.0311. The van der Waals surface area contributed by atoms with Crippen molar-refractivity contribution >= 4 is 21.8 Å². The van der Waals surface area contributed by atoms with Crippen molar-refractivity contribution in [3.8, 4) is 0 Å². The van der Waals surface area contributed by atoms with Gasteiger partial charge in [-0.3, -0.25) is 4.79 Å². The lowest BCUT2D eigenvalue weighted by Gasteiger charge is -2.09. The molecule has 0 aromatic carbocycles. The van der Waals surface area contributed by atoms with Crippen LogP contribution < -0.4 is 5.32 Å². The third-order valence-corrected chi connectivity index (χ3v) is 3.07. The number of aryl methyl sites for hydroxylation is 1. The standard InChI is InChI=1S/C14H23BrN2O2/c1-4-17-9-12(15)8-13(17)14(18)16-6-5-7-19-10-11(2)3/h8-9,11H,4-7,10H2,1-3H3,(H,16,18). The molecule has 0 unspecified atom stereocenters. The summed E-state index contributed by atoms with van der Waals surface area (Å²) in [6, 6.07) is 1.84. The summed E-state index contributed by atoms with van der Waals surface area (Å²) < 4.78 is 8.32. The molecule has 0 atom stereocenters. The summed E-state index contributed by atoms with van der Waals surface area (Å²) >= 11 is 3.39. The molecule has 0 aliphatic heterocycles. The van der Waals surface area contributed by atoms with Crippen LogP contribution in [0.5, 0.6) is 0 Å². The van der Waals surface area contributed by atoms with Gasteiger partial charge >= 0.3 is 0 Å². The van der Waals surface area contributed by atoms with Gasteiger partial charge in [0.05, 0.1) is 0 Å². The zero-order valence-corrected chi connectivity index (χ0v) is 13.5. The molecule has 1 amide bonds. The van der Waals surface area contributed by atoms with Crippen molar-refractivity contribution in [1.29, 1.82) is 0 Å². The van der Waals surface area contributed by atoms with Crippen LogP contribution in [0.3, 0.4) is 0 Å². The number of nitrogens with one attached hydrogen (secondary N) is 1. The number of rotatable bonds is 8. The van der Waals surface area contributed by atoms with Gasteiger partial charge in [-0.1, -0.05) is 13.8 Å². The Balaban J connectivity index is 2.27. The number of carbonyl (C=O) groups is 1. The first-order valence-electron chi connectivity index (χ1n) is 6.76. The molecule has 19 heavy (non-hydrogen) atoms. The third-order valence-electron chi connectivity index (χ3n) is 2.64. The molecule has 4 nitrogen and oxygen atoms in total. The van der Waals surface area contributed by atoms with Gasteiger partial charge < -0.3 is 14.6 Å². The fraction of sp³-hybridized carbons (Fsp3) is 0.643. The van der Waals surface area contributed by atoms with Crippen LogP contribution in [0.2, 0.25) is 0 Å². The summed E-state index contributed by atoms with van der Waals surface area (Å²) in [5.74, 6) is 0.524. The van der Waals surface area contributed by atoms with Crippen molar-refractivity contribution in [2.75, 3.05) is 19.8 Å². The number of hydrogen-bond donors (Lipinski definition) is 1. The summed E-state index contributed by atoms with van der Waals surface area (Å²) in [4.78, 5) is 12.0. The average molecular weight is 331 g/mol. The first kappa shape index (κ1) is 16.2. The van der Waals surface area contributed by atoms with Crippen molar-refractivity contribution in [2.45, 2.75) is 33.7 Å². The minimum Gasteiger partial charge on any atom is -0.381 e. The normalized spacial score (nSPS) is 11.0. The number of aromatic nitrogens is 1. The van der Waals surface area contributed by atoms with E-state index in [-0.39, 0.29) is 5.91 Å². The Kier molecular flexibility index (Phi) is 7.16. The van der Waals surface area contributed by atoms with E-state index in [0.717, 1.165) is 24.0 Å². The maximum atomic E-state index is 12.0. The second-order valence-corrected chi connectivity index (χ2v) is 5.82. The van der Waals surface area contributed by atoms with E-state index >= 15 is 0 Å². The lowest BCUT2D eigenvalue weighted by molar-refractivity contribution is 0.0917. The molecule has 0 spiro atoms. The van der Waals surface area contributed by atoms with Gasteiger partial charge in [0, 0.05) is 37.0 Å². The van der Waals surface area contributed by atoms with Crippen molar-refractivity contribution in [3.63, 3.8) is 0 Å². The molecule has 0 aliphatic rings. The number of ether oxygens (including phenoxy) is 1. The van der Waals surface area contributed by atoms with E-state index in [1.165, 1.54) is 0 Å². The first-order chi connectivity index (χ1) is 9.04. The fourth-order valence-corrected chi connectivity index (χ4v) is 2.18. The molecular weight excluding hydrogens is 308 g/mol. The van der Waals surface area contributed by atoms with Crippen molar-refractivity contribution in [3.05, 3.63) is 22.4 Å². The van der Waals surface area contributed by atoms with Crippen molar-refractivity contribution < 1.29 is 9.53 Å². The Labute approximate surface area is 123 Å².